The third kappa shape index (κ3) is 2.98. The summed E-state index contributed by atoms with van der Waals surface area (Å²) in [5.74, 6) is -0.654. The van der Waals surface area contributed by atoms with Crippen molar-refractivity contribution < 1.29 is 17.9 Å². The minimum absolute atomic E-state index is 0.0127. The summed E-state index contributed by atoms with van der Waals surface area (Å²) in [7, 11) is -3.91. The van der Waals surface area contributed by atoms with E-state index in [1.54, 1.807) is 6.92 Å². The van der Waals surface area contributed by atoms with Crippen LogP contribution in [0.4, 0.5) is 4.39 Å². The van der Waals surface area contributed by atoms with E-state index >= 15 is 0 Å². The van der Waals surface area contributed by atoms with E-state index < -0.39 is 28.0 Å². The second-order valence-corrected chi connectivity index (χ2v) is 7.26. The number of hydrogen-bond acceptors (Lipinski definition) is 3. The Morgan fingerprint density at radius 1 is 1.45 bits per heavy atom. The van der Waals surface area contributed by atoms with Gasteiger partial charge in [-0.1, -0.05) is 18.0 Å². The van der Waals surface area contributed by atoms with Gasteiger partial charge in [0.05, 0.1) is 17.2 Å². The quantitative estimate of drug-likeness (QED) is 0.930. The summed E-state index contributed by atoms with van der Waals surface area (Å²) >= 11 is 5.89. The second-order valence-electron chi connectivity index (χ2n) is 4.99. The normalized spacial score (nSPS) is 22.7. The van der Waals surface area contributed by atoms with Gasteiger partial charge >= 0.3 is 0 Å². The van der Waals surface area contributed by atoms with Crippen LogP contribution in [0.1, 0.15) is 26.2 Å². The molecule has 112 valence electrons. The van der Waals surface area contributed by atoms with Gasteiger partial charge in [0.15, 0.2) is 0 Å². The van der Waals surface area contributed by atoms with Crippen LogP contribution in [-0.2, 0) is 10.0 Å². The molecule has 0 bridgehead atoms. The van der Waals surface area contributed by atoms with Crippen molar-refractivity contribution in [3.05, 3.63) is 29.0 Å². The van der Waals surface area contributed by atoms with Gasteiger partial charge in [0.25, 0.3) is 0 Å². The molecule has 0 unspecified atom stereocenters. The van der Waals surface area contributed by atoms with Gasteiger partial charge in [-0.15, -0.1) is 0 Å². The van der Waals surface area contributed by atoms with Crippen molar-refractivity contribution >= 4 is 21.6 Å². The number of hydrogen-bond donors (Lipinski definition) is 1. The minimum atomic E-state index is -3.91. The molecule has 1 aliphatic heterocycles. The summed E-state index contributed by atoms with van der Waals surface area (Å²) in [5.41, 5.74) is 0. The Bertz CT molecular complexity index is 591. The van der Waals surface area contributed by atoms with Crippen molar-refractivity contribution in [3.8, 4) is 0 Å². The van der Waals surface area contributed by atoms with Crippen LogP contribution in [0, 0.1) is 5.82 Å². The van der Waals surface area contributed by atoms with Crippen LogP contribution in [-0.4, -0.2) is 36.5 Å². The SMILES string of the molecule is C[C@H](O)[C@H]1CCCCN1S(=O)(=O)c1cc(F)ccc1Cl. The molecule has 7 heteroatoms. The Balaban J connectivity index is 2.45. The lowest BCUT2D eigenvalue weighted by Crippen LogP contribution is -2.48. The van der Waals surface area contributed by atoms with Crippen LogP contribution in [0.3, 0.4) is 0 Å². The van der Waals surface area contributed by atoms with E-state index in [0.717, 1.165) is 25.0 Å². The monoisotopic (exact) mass is 321 g/mol. The van der Waals surface area contributed by atoms with Gasteiger partial charge in [-0.3, -0.25) is 0 Å². The van der Waals surface area contributed by atoms with Crippen LogP contribution in [0.25, 0.3) is 0 Å². The molecular formula is C13H17ClFNO3S. The van der Waals surface area contributed by atoms with Gasteiger partial charge in [-0.25, -0.2) is 12.8 Å². The first-order valence-corrected chi connectivity index (χ1v) is 8.31. The third-order valence-electron chi connectivity index (χ3n) is 3.54. The Labute approximate surface area is 123 Å². The molecule has 1 aliphatic rings. The van der Waals surface area contributed by atoms with Crippen molar-refractivity contribution in [2.24, 2.45) is 0 Å². The molecule has 1 aromatic carbocycles. The molecule has 0 saturated carbocycles. The van der Waals surface area contributed by atoms with Crippen LogP contribution in [0.5, 0.6) is 0 Å². The van der Waals surface area contributed by atoms with Crippen molar-refractivity contribution in [1.29, 1.82) is 0 Å². The smallest absolute Gasteiger partial charge is 0.245 e. The van der Waals surface area contributed by atoms with Crippen molar-refractivity contribution in [2.75, 3.05) is 6.54 Å². The maximum atomic E-state index is 13.3. The average molecular weight is 322 g/mol. The van der Waals surface area contributed by atoms with Crippen molar-refractivity contribution in [2.45, 2.75) is 43.2 Å². The van der Waals surface area contributed by atoms with Gasteiger partial charge in [-0.05, 0) is 38.0 Å². The summed E-state index contributed by atoms with van der Waals surface area (Å²) in [6.45, 7) is 1.87. The van der Waals surface area contributed by atoms with E-state index in [9.17, 15) is 17.9 Å². The van der Waals surface area contributed by atoms with Crippen molar-refractivity contribution in [1.82, 2.24) is 4.31 Å². The van der Waals surface area contributed by atoms with Crippen LogP contribution in [0.15, 0.2) is 23.1 Å². The molecule has 2 rings (SSSR count). The molecule has 1 heterocycles. The first-order chi connectivity index (χ1) is 9.34. The van der Waals surface area contributed by atoms with E-state index in [0.29, 0.717) is 13.0 Å². The summed E-state index contributed by atoms with van der Waals surface area (Å²) in [5, 5.41) is 9.76. The van der Waals surface area contributed by atoms with Gasteiger partial charge in [-0.2, -0.15) is 4.31 Å². The standard InChI is InChI=1S/C13H17ClFNO3S/c1-9(17)12-4-2-3-7-16(12)20(18,19)13-8-10(15)5-6-11(13)14/h5-6,8-9,12,17H,2-4,7H2,1H3/t9-,12+/m0/s1. The van der Waals surface area contributed by atoms with Crippen LogP contribution >= 0.6 is 11.6 Å². The lowest BCUT2D eigenvalue weighted by Gasteiger charge is -2.36. The molecular weight excluding hydrogens is 305 g/mol. The topological polar surface area (TPSA) is 57.6 Å². The molecule has 0 aromatic heterocycles. The van der Waals surface area contributed by atoms with Gasteiger partial charge < -0.3 is 5.11 Å². The third-order valence-corrected chi connectivity index (χ3v) is 5.94. The highest BCUT2D eigenvalue weighted by atomic mass is 35.5. The highest BCUT2D eigenvalue weighted by Crippen LogP contribution is 2.31. The average Bonchev–Trinajstić information content (AvgIpc) is 2.41. The molecule has 1 saturated heterocycles. The number of piperidine rings is 1. The molecule has 0 spiro atoms. The molecule has 4 nitrogen and oxygen atoms in total. The number of nitrogens with zero attached hydrogens (tertiary/aromatic N) is 1. The molecule has 0 amide bonds. The minimum Gasteiger partial charge on any atom is -0.392 e. The Morgan fingerprint density at radius 3 is 2.80 bits per heavy atom. The fourth-order valence-electron chi connectivity index (χ4n) is 2.51. The second kappa shape index (κ2) is 5.97. The number of benzene rings is 1. The number of rotatable bonds is 3. The Kier molecular flexibility index (Phi) is 4.69. The fraction of sp³-hybridized carbons (Fsp3) is 0.538. The number of halogens is 2. The summed E-state index contributed by atoms with van der Waals surface area (Å²) in [4.78, 5) is -0.244. The molecule has 1 aromatic rings. The van der Waals surface area contributed by atoms with Gasteiger partial charge in [0.2, 0.25) is 10.0 Å². The van der Waals surface area contributed by atoms with E-state index in [-0.39, 0.29) is 9.92 Å². The number of sulfonamides is 1. The maximum absolute atomic E-state index is 13.3. The summed E-state index contributed by atoms with van der Waals surface area (Å²) in [6, 6.07) is 2.77. The molecule has 1 N–H and O–H groups in total. The van der Waals surface area contributed by atoms with Crippen LogP contribution < -0.4 is 0 Å². The largest absolute Gasteiger partial charge is 0.392 e. The molecule has 0 radical (unpaired) electrons. The zero-order chi connectivity index (χ0) is 14.9. The van der Waals surface area contributed by atoms with E-state index in [4.69, 9.17) is 11.6 Å². The van der Waals surface area contributed by atoms with Gasteiger partial charge in [0, 0.05) is 6.54 Å². The zero-order valence-corrected chi connectivity index (χ0v) is 12.7. The molecule has 0 aliphatic carbocycles. The molecule has 2 atom stereocenters. The highest BCUT2D eigenvalue weighted by Gasteiger charge is 2.36. The lowest BCUT2D eigenvalue weighted by atomic mass is 10.0. The predicted molar refractivity (Wildman–Crippen MR) is 74.6 cm³/mol. The summed E-state index contributed by atoms with van der Waals surface area (Å²) < 4.78 is 39.8. The van der Waals surface area contributed by atoms with Gasteiger partial charge in [0.1, 0.15) is 10.7 Å². The highest BCUT2D eigenvalue weighted by molar-refractivity contribution is 7.89. The van der Waals surface area contributed by atoms with Crippen LogP contribution in [0.2, 0.25) is 5.02 Å². The number of aliphatic hydroxyl groups is 1. The maximum Gasteiger partial charge on any atom is 0.245 e. The number of aliphatic hydroxyl groups excluding tert-OH is 1. The van der Waals surface area contributed by atoms with E-state index in [1.165, 1.54) is 10.4 Å². The fourth-order valence-corrected chi connectivity index (χ4v) is 4.76. The Hall–Kier alpha value is -0.690. The molecule has 1 fully saturated rings. The van der Waals surface area contributed by atoms with Crippen molar-refractivity contribution in [3.63, 3.8) is 0 Å². The predicted octanol–water partition coefficient (Wildman–Crippen LogP) is 2.40. The molecule has 20 heavy (non-hydrogen) atoms. The lowest BCUT2D eigenvalue weighted by molar-refractivity contribution is 0.0831. The summed E-state index contributed by atoms with van der Waals surface area (Å²) in [6.07, 6.45) is 1.38. The Morgan fingerprint density at radius 2 is 2.15 bits per heavy atom. The first-order valence-electron chi connectivity index (χ1n) is 6.49. The first kappa shape index (κ1) is 15.7. The zero-order valence-electron chi connectivity index (χ0n) is 11.1. The van der Waals surface area contributed by atoms with E-state index in [1.807, 2.05) is 0 Å². The van der Waals surface area contributed by atoms with E-state index in [2.05, 4.69) is 0 Å².